The van der Waals surface area contributed by atoms with Gasteiger partial charge in [-0.25, -0.2) is 4.39 Å². The van der Waals surface area contributed by atoms with Crippen LogP contribution in [0.5, 0.6) is 5.75 Å². The Hall–Kier alpha value is -3.00. The summed E-state index contributed by atoms with van der Waals surface area (Å²) in [7, 11) is 0. The van der Waals surface area contributed by atoms with Crippen molar-refractivity contribution in [2.24, 2.45) is 5.92 Å². The molecule has 0 bridgehead atoms. The number of aryl methyl sites for hydroxylation is 1. The summed E-state index contributed by atoms with van der Waals surface area (Å²) in [5, 5.41) is 2.44. The van der Waals surface area contributed by atoms with Crippen molar-refractivity contribution in [3.05, 3.63) is 77.1 Å². The second-order valence-electron chi connectivity index (χ2n) is 8.24. The fraction of sp³-hybridized carbons (Fsp3) is 0.333. The summed E-state index contributed by atoms with van der Waals surface area (Å²) in [5.74, 6) is 4.82. The van der Waals surface area contributed by atoms with Crippen LogP contribution in [0.4, 0.5) is 17.6 Å². The van der Waals surface area contributed by atoms with Crippen molar-refractivity contribution in [2.45, 2.75) is 51.3 Å². The van der Waals surface area contributed by atoms with E-state index in [1.54, 1.807) is 0 Å². The number of alkyl halides is 3. The highest BCUT2D eigenvalue weighted by Gasteiger charge is 2.32. The molecule has 3 aromatic carbocycles. The third kappa shape index (κ3) is 4.91. The number of benzene rings is 3. The Morgan fingerprint density at radius 3 is 2.62 bits per heavy atom. The van der Waals surface area contributed by atoms with Crippen LogP contribution in [0.3, 0.4) is 0 Å². The molecule has 0 saturated carbocycles. The first kappa shape index (κ1) is 22.2. The van der Waals surface area contributed by atoms with Crippen LogP contribution in [0.25, 0.3) is 10.8 Å². The lowest BCUT2D eigenvalue weighted by atomic mass is 9.72. The summed E-state index contributed by atoms with van der Waals surface area (Å²) in [6.07, 6.45) is 0.384. The second-order valence-corrected chi connectivity index (χ2v) is 8.24. The molecule has 0 spiro atoms. The molecule has 0 amide bonds. The molecule has 0 radical (unpaired) electrons. The molecule has 4 rings (SSSR count). The number of unbranched alkanes of at least 4 members (excludes halogenated alkanes) is 1. The predicted molar refractivity (Wildman–Crippen MR) is 118 cm³/mol. The minimum absolute atomic E-state index is 0.00377. The Bertz CT molecular complexity index is 1170. The lowest BCUT2D eigenvalue weighted by molar-refractivity contribution is -0.275. The summed E-state index contributed by atoms with van der Waals surface area (Å²) in [5.41, 5.74) is 2.86. The van der Waals surface area contributed by atoms with Crippen molar-refractivity contribution in [3.63, 3.8) is 0 Å². The van der Waals surface area contributed by atoms with E-state index in [1.165, 1.54) is 28.0 Å². The summed E-state index contributed by atoms with van der Waals surface area (Å²) < 4.78 is 55.0. The van der Waals surface area contributed by atoms with E-state index in [0.29, 0.717) is 11.5 Å². The lowest BCUT2D eigenvalue weighted by Crippen LogP contribution is -2.20. The molecule has 1 aliphatic carbocycles. The van der Waals surface area contributed by atoms with E-state index in [2.05, 4.69) is 47.8 Å². The van der Waals surface area contributed by atoms with Gasteiger partial charge in [-0.15, -0.1) is 13.2 Å². The van der Waals surface area contributed by atoms with Crippen LogP contribution in [-0.2, 0) is 6.42 Å². The Morgan fingerprint density at radius 2 is 1.88 bits per heavy atom. The van der Waals surface area contributed by atoms with Crippen LogP contribution in [0, 0.1) is 23.6 Å². The van der Waals surface area contributed by atoms with Gasteiger partial charge in [-0.05, 0) is 65.3 Å². The highest BCUT2D eigenvalue weighted by Crippen LogP contribution is 2.41. The van der Waals surface area contributed by atoms with Gasteiger partial charge in [0, 0.05) is 11.5 Å². The minimum atomic E-state index is -4.94. The normalized spacial score (nSPS) is 18.0. The number of hydrogen-bond acceptors (Lipinski definition) is 1. The minimum Gasteiger partial charge on any atom is -0.403 e. The molecule has 166 valence electrons. The topological polar surface area (TPSA) is 9.23 Å². The van der Waals surface area contributed by atoms with Gasteiger partial charge in [0.2, 0.25) is 0 Å². The molecule has 3 aromatic rings. The number of hydrogen-bond donors (Lipinski definition) is 0. The zero-order valence-corrected chi connectivity index (χ0v) is 17.8. The van der Waals surface area contributed by atoms with Crippen molar-refractivity contribution in [3.8, 4) is 17.6 Å². The first-order valence-corrected chi connectivity index (χ1v) is 10.9. The van der Waals surface area contributed by atoms with Crippen LogP contribution < -0.4 is 4.74 Å². The van der Waals surface area contributed by atoms with Crippen molar-refractivity contribution >= 4 is 10.8 Å². The van der Waals surface area contributed by atoms with Gasteiger partial charge in [0.15, 0.2) is 11.6 Å². The number of fused-ring (bicyclic) bond motifs is 3. The number of ether oxygens (including phenoxy) is 1. The van der Waals surface area contributed by atoms with E-state index in [0.717, 1.165) is 44.2 Å². The van der Waals surface area contributed by atoms with Gasteiger partial charge in [-0.3, -0.25) is 0 Å². The largest absolute Gasteiger partial charge is 0.573 e. The van der Waals surface area contributed by atoms with Gasteiger partial charge in [0.1, 0.15) is 0 Å². The van der Waals surface area contributed by atoms with Crippen molar-refractivity contribution in [1.82, 2.24) is 0 Å². The smallest absolute Gasteiger partial charge is 0.403 e. The van der Waals surface area contributed by atoms with Crippen LogP contribution >= 0.6 is 0 Å². The molecule has 1 aliphatic rings. The SMILES string of the molecule is CCCC[C@@H]1CCc2c(ccc3ccccc23)[C@H]1C#Cc1ccc(OC(F)(F)F)c(F)c1. The van der Waals surface area contributed by atoms with Crippen molar-refractivity contribution < 1.29 is 22.3 Å². The zero-order valence-electron chi connectivity index (χ0n) is 17.8. The predicted octanol–water partition coefficient (Wildman–Crippen LogP) is 7.77. The standard InChI is InChI=1S/C27H24F4O/c1-2-3-6-19-11-14-23-21-8-5-4-7-20(21)12-15-24(23)22(19)13-9-18-10-16-26(25(28)17-18)32-27(29,30)31/h4-5,7-8,10,12,15-17,19,22H,2-3,6,11,14H2,1H3/t19-,22+/m1/s1. The van der Waals surface area contributed by atoms with E-state index >= 15 is 0 Å². The van der Waals surface area contributed by atoms with Crippen LogP contribution in [0.2, 0.25) is 0 Å². The Labute approximate surface area is 185 Å². The van der Waals surface area contributed by atoms with Crippen LogP contribution in [-0.4, -0.2) is 6.36 Å². The molecule has 32 heavy (non-hydrogen) atoms. The third-order valence-electron chi connectivity index (χ3n) is 6.11. The monoisotopic (exact) mass is 440 g/mol. The Morgan fingerprint density at radius 1 is 1.06 bits per heavy atom. The summed E-state index contributed by atoms with van der Waals surface area (Å²) in [4.78, 5) is 0. The van der Waals surface area contributed by atoms with Gasteiger partial charge < -0.3 is 4.74 Å². The van der Waals surface area contributed by atoms with E-state index in [1.807, 2.05) is 12.1 Å². The first-order chi connectivity index (χ1) is 15.4. The molecule has 5 heteroatoms. The van der Waals surface area contributed by atoms with E-state index in [-0.39, 0.29) is 5.92 Å². The molecule has 0 aliphatic heterocycles. The Kier molecular flexibility index (Phi) is 6.41. The summed E-state index contributed by atoms with van der Waals surface area (Å²) >= 11 is 0. The third-order valence-corrected chi connectivity index (χ3v) is 6.11. The van der Waals surface area contributed by atoms with E-state index < -0.39 is 17.9 Å². The molecule has 0 fully saturated rings. The summed E-state index contributed by atoms with van der Waals surface area (Å²) in [6, 6.07) is 15.9. The Balaban J connectivity index is 1.69. The van der Waals surface area contributed by atoms with E-state index in [4.69, 9.17) is 0 Å². The maximum atomic E-state index is 14.1. The average Bonchev–Trinajstić information content (AvgIpc) is 2.77. The van der Waals surface area contributed by atoms with Gasteiger partial charge in [-0.2, -0.15) is 0 Å². The molecule has 0 heterocycles. The highest BCUT2D eigenvalue weighted by atomic mass is 19.4. The lowest BCUT2D eigenvalue weighted by Gasteiger charge is -2.31. The molecule has 0 aromatic heterocycles. The van der Waals surface area contributed by atoms with Crippen molar-refractivity contribution in [1.29, 1.82) is 0 Å². The molecular formula is C27H24F4O. The second kappa shape index (κ2) is 9.24. The maximum Gasteiger partial charge on any atom is 0.573 e. The quantitative estimate of drug-likeness (QED) is 0.297. The fourth-order valence-electron chi connectivity index (χ4n) is 4.59. The van der Waals surface area contributed by atoms with E-state index in [9.17, 15) is 17.6 Å². The van der Waals surface area contributed by atoms with Crippen molar-refractivity contribution in [2.75, 3.05) is 0 Å². The highest BCUT2D eigenvalue weighted by molar-refractivity contribution is 5.87. The van der Waals surface area contributed by atoms with Gasteiger partial charge in [-0.1, -0.05) is 68.0 Å². The number of rotatable bonds is 4. The molecule has 1 nitrogen and oxygen atoms in total. The van der Waals surface area contributed by atoms with Gasteiger partial charge >= 0.3 is 6.36 Å². The fourth-order valence-corrected chi connectivity index (χ4v) is 4.59. The average molecular weight is 440 g/mol. The maximum absolute atomic E-state index is 14.1. The molecule has 0 unspecified atom stereocenters. The van der Waals surface area contributed by atoms with Crippen LogP contribution in [0.15, 0.2) is 54.6 Å². The molecular weight excluding hydrogens is 416 g/mol. The van der Waals surface area contributed by atoms with Crippen LogP contribution in [0.1, 0.15) is 55.2 Å². The van der Waals surface area contributed by atoms with Gasteiger partial charge in [0.05, 0.1) is 0 Å². The molecule has 2 atom stereocenters. The van der Waals surface area contributed by atoms with Gasteiger partial charge in [0.25, 0.3) is 0 Å². The summed E-state index contributed by atoms with van der Waals surface area (Å²) in [6.45, 7) is 2.16. The number of halogens is 4. The first-order valence-electron chi connectivity index (χ1n) is 10.9. The molecule has 0 saturated heterocycles. The zero-order chi connectivity index (χ0) is 22.7. The molecule has 0 N–H and O–H groups in total.